The lowest BCUT2D eigenvalue weighted by atomic mass is 10.1. The van der Waals surface area contributed by atoms with Crippen LogP contribution in [-0.2, 0) is 6.54 Å². The van der Waals surface area contributed by atoms with Crippen molar-refractivity contribution in [2.24, 2.45) is 5.73 Å². The number of urea groups is 1. The van der Waals surface area contributed by atoms with Crippen molar-refractivity contribution in [1.29, 1.82) is 0 Å². The highest BCUT2D eigenvalue weighted by Crippen LogP contribution is 2.37. The highest BCUT2D eigenvalue weighted by molar-refractivity contribution is 7.20. The molecule has 1 fully saturated rings. The van der Waals surface area contributed by atoms with Crippen LogP contribution in [0.1, 0.15) is 18.4 Å². The number of carbonyl (C=O) groups excluding carboxylic acids is 1. The van der Waals surface area contributed by atoms with E-state index in [0.29, 0.717) is 16.9 Å². The van der Waals surface area contributed by atoms with E-state index in [9.17, 15) is 4.79 Å². The predicted molar refractivity (Wildman–Crippen MR) is 107 cm³/mol. The van der Waals surface area contributed by atoms with E-state index in [4.69, 9.17) is 10.5 Å². The number of hydrogen-bond acceptors (Lipinski definition) is 6. The van der Waals surface area contributed by atoms with Crippen LogP contribution in [0, 0.1) is 0 Å². The topological polar surface area (TPSA) is 93.4 Å². The van der Waals surface area contributed by atoms with Crippen molar-refractivity contribution in [3.63, 3.8) is 0 Å². The Morgan fingerprint density at radius 2 is 2.18 bits per heavy atom. The molecule has 0 saturated heterocycles. The minimum absolute atomic E-state index is 0.0952. The predicted octanol–water partition coefficient (Wildman–Crippen LogP) is 3.38. The van der Waals surface area contributed by atoms with Crippen LogP contribution in [0.2, 0.25) is 0 Å². The van der Waals surface area contributed by atoms with Crippen molar-refractivity contribution >= 4 is 27.7 Å². The number of benzene rings is 1. The van der Waals surface area contributed by atoms with Gasteiger partial charge in [-0.25, -0.2) is 9.78 Å². The second kappa shape index (κ2) is 6.79. The monoisotopic (exact) mass is 393 g/mol. The average molecular weight is 393 g/mol. The number of pyridine rings is 1. The van der Waals surface area contributed by atoms with Crippen molar-refractivity contribution in [2.75, 3.05) is 0 Å². The van der Waals surface area contributed by atoms with Gasteiger partial charge in [-0.3, -0.25) is 0 Å². The van der Waals surface area contributed by atoms with Crippen LogP contribution in [0.4, 0.5) is 4.79 Å². The highest BCUT2D eigenvalue weighted by atomic mass is 32.1. The van der Waals surface area contributed by atoms with Gasteiger partial charge in [-0.2, -0.15) is 4.98 Å². The second-order valence-corrected chi connectivity index (χ2v) is 8.08. The van der Waals surface area contributed by atoms with Crippen LogP contribution >= 0.6 is 11.3 Å². The first-order chi connectivity index (χ1) is 13.6. The number of carbonyl (C=O) groups is 1. The molecular formula is C20H19N5O2S. The molecule has 5 rings (SSSR count). The third-order valence-electron chi connectivity index (χ3n) is 5.18. The van der Waals surface area contributed by atoms with E-state index in [1.165, 1.54) is 22.5 Å². The summed E-state index contributed by atoms with van der Waals surface area (Å²) < 4.78 is 6.89. The summed E-state index contributed by atoms with van der Waals surface area (Å²) >= 11 is 1.48. The van der Waals surface area contributed by atoms with Gasteiger partial charge in [-0.15, -0.1) is 0 Å². The molecule has 2 atom stereocenters. The molecule has 142 valence electrons. The molecule has 2 aromatic heterocycles. The highest BCUT2D eigenvalue weighted by Gasteiger charge is 2.38. The van der Waals surface area contributed by atoms with Crippen molar-refractivity contribution in [3.8, 4) is 10.9 Å². The molecule has 7 nitrogen and oxygen atoms in total. The molecule has 1 aliphatic carbocycles. The standard InChI is InChI=1S/C20H19N5O2S/c21-19(26)23-16-9-14-8-13(16)11-25(14)10-12-3-5-15(6-4-12)27-20-24-18-17(28-20)2-1-7-22-18/h1-7,11,14,16H,8-10H2,(H3,21,23,26)/t14-,16-/m0/s1. The van der Waals surface area contributed by atoms with Gasteiger partial charge in [0.1, 0.15) is 5.75 Å². The van der Waals surface area contributed by atoms with Crippen LogP contribution < -0.4 is 15.8 Å². The minimum atomic E-state index is -0.454. The normalized spacial score (nSPS) is 20.4. The first kappa shape index (κ1) is 17.0. The largest absolute Gasteiger partial charge is 0.431 e. The fourth-order valence-electron chi connectivity index (χ4n) is 3.90. The van der Waals surface area contributed by atoms with Crippen molar-refractivity contribution in [3.05, 3.63) is 59.9 Å². The molecule has 1 aromatic carbocycles. The average Bonchev–Trinajstić information content (AvgIpc) is 3.36. The first-order valence-corrected chi connectivity index (χ1v) is 9.96. The maximum Gasteiger partial charge on any atom is 0.312 e. The van der Waals surface area contributed by atoms with Crippen LogP contribution in [0.3, 0.4) is 0 Å². The molecule has 2 bridgehead atoms. The molecular weight excluding hydrogens is 374 g/mol. The van der Waals surface area contributed by atoms with Gasteiger partial charge < -0.3 is 20.7 Å². The number of aromatic nitrogens is 2. The van der Waals surface area contributed by atoms with E-state index in [1.807, 2.05) is 24.3 Å². The molecule has 2 amide bonds. The molecule has 2 aliphatic rings. The summed E-state index contributed by atoms with van der Waals surface area (Å²) in [5.41, 5.74) is 8.42. The van der Waals surface area contributed by atoms with Crippen LogP contribution in [-0.4, -0.2) is 33.0 Å². The summed E-state index contributed by atoms with van der Waals surface area (Å²) in [6.07, 6.45) is 5.81. The lowest BCUT2D eigenvalue weighted by Gasteiger charge is -2.28. The summed E-state index contributed by atoms with van der Waals surface area (Å²) in [6, 6.07) is 12.0. The third-order valence-corrected chi connectivity index (χ3v) is 6.07. The van der Waals surface area contributed by atoms with Gasteiger partial charge in [0.05, 0.1) is 10.7 Å². The number of amides is 2. The minimum Gasteiger partial charge on any atom is -0.431 e. The van der Waals surface area contributed by atoms with Gasteiger partial charge in [-0.1, -0.05) is 23.5 Å². The molecule has 8 heteroatoms. The molecule has 1 aliphatic heterocycles. The van der Waals surface area contributed by atoms with E-state index in [1.54, 1.807) is 6.20 Å². The SMILES string of the molecule is NC(=O)N[C@H]1C[C@@H]2CC1=CN2Cc1ccc(Oc2nc3ncccc3s2)cc1. The van der Waals surface area contributed by atoms with Gasteiger partial charge in [0.2, 0.25) is 0 Å². The zero-order chi connectivity index (χ0) is 19.1. The van der Waals surface area contributed by atoms with Gasteiger partial charge in [0.15, 0.2) is 5.65 Å². The van der Waals surface area contributed by atoms with Crippen molar-refractivity contribution in [1.82, 2.24) is 20.2 Å². The Morgan fingerprint density at radius 1 is 1.32 bits per heavy atom. The van der Waals surface area contributed by atoms with Gasteiger partial charge >= 0.3 is 6.03 Å². The Hall–Kier alpha value is -3.13. The summed E-state index contributed by atoms with van der Waals surface area (Å²) in [4.78, 5) is 22.0. The maximum atomic E-state index is 11.1. The number of nitrogens with two attached hydrogens (primary N) is 1. The Labute approximate surface area is 165 Å². The van der Waals surface area contributed by atoms with Gasteiger partial charge in [0.25, 0.3) is 5.19 Å². The van der Waals surface area contributed by atoms with E-state index < -0.39 is 6.03 Å². The summed E-state index contributed by atoms with van der Waals surface area (Å²) in [6.45, 7) is 0.836. The molecule has 3 heterocycles. The fourth-order valence-corrected chi connectivity index (χ4v) is 4.69. The number of nitrogens with zero attached hydrogens (tertiary/aromatic N) is 3. The quantitative estimate of drug-likeness (QED) is 0.693. The number of rotatable bonds is 5. The number of ether oxygens (including phenoxy) is 1. The Bertz CT molecular complexity index is 1030. The first-order valence-electron chi connectivity index (χ1n) is 9.15. The summed E-state index contributed by atoms with van der Waals surface area (Å²) in [7, 11) is 0. The van der Waals surface area contributed by atoms with Gasteiger partial charge in [0, 0.05) is 25.0 Å². The summed E-state index contributed by atoms with van der Waals surface area (Å²) in [5.74, 6) is 0.759. The Balaban J connectivity index is 1.23. The number of hydrogen-bond donors (Lipinski definition) is 2. The van der Waals surface area contributed by atoms with Crippen molar-refractivity contribution in [2.45, 2.75) is 31.5 Å². The molecule has 0 radical (unpaired) electrons. The smallest absolute Gasteiger partial charge is 0.312 e. The second-order valence-electron chi connectivity index (χ2n) is 7.08. The molecule has 3 N–H and O–H groups in total. The van der Waals surface area contributed by atoms with Gasteiger partial charge in [-0.05, 0) is 48.2 Å². The van der Waals surface area contributed by atoms with Crippen LogP contribution in [0.5, 0.6) is 10.9 Å². The number of thiazole rings is 1. The maximum absolute atomic E-state index is 11.1. The van der Waals surface area contributed by atoms with Crippen LogP contribution in [0.25, 0.3) is 10.3 Å². The zero-order valence-corrected chi connectivity index (χ0v) is 15.9. The zero-order valence-electron chi connectivity index (χ0n) is 15.0. The fraction of sp³-hybridized carbons (Fsp3) is 0.250. The molecule has 3 aromatic rings. The van der Waals surface area contributed by atoms with E-state index >= 15 is 0 Å². The Kier molecular flexibility index (Phi) is 4.12. The Morgan fingerprint density at radius 3 is 2.89 bits per heavy atom. The van der Waals surface area contributed by atoms with Crippen LogP contribution in [0.15, 0.2) is 54.4 Å². The van der Waals surface area contributed by atoms with E-state index in [2.05, 4.69) is 38.5 Å². The molecule has 1 saturated carbocycles. The number of nitrogens with one attached hydrogen (secondary N) is 1. The number of primary amides is 1. The lowest BCUT2D eigenvalue weighted by molar-refractivity contribution is 0.240. The van der Waals surface area contributed by atoms with E-state index in [-0.39, 0.29) is 6.04 Å². The summed E-state index contributed by atoms with van der Waals surface area (Å²) in [5, 5.41) is 3.41. The van der Waals surface area contributed by atoms with Crippen molar-refractivity contribution < 1.29 is 9.53 Å². The lowest BCUT2D eigenvalue weighted by Crippen LogP contribution is -2.41. The van der Waals surface area contributed by atoms with E-state index in [0.717, 1.165) is 29.8 Å². The molecule has 28 heavy (non-hydrogen) atoms. The molecule has 0 spiro atoms. The molecule has 0 unspecified atom stereocenters. The third kappa shape index (κ3) is 3.27. The number of fused-ring (bicyclic) bond motifs is 3.